The van der Waals surface area contributed by atoms with E-state index >= 15 is 0 Å². The van der Waals surface area contributed by atoms with Crippen LogP contribution in [0.5, 0.6) is 0 Å². The Bertz CT molecular complexity index is 689. The van der Waals surface area contributed by atoms with Crippen molar-refractivity contribution in [2.45, 2.75) is 19.9 Å². The molecule has 0 spiro atoms. The zero-order valence-corrected chi connectivity index (χ0v) is 12.1. The quantitative estimate of drug-likeness (QED) is 0.771. The van der Waals surface area contributed by atoms with Gasteiger partial charge in [-0.3, -0.25) is 10.1 Å². The summed E-state index contributed by atoms with van der Waals surface area (Å²) in [5.74, 6) is 1.54. The monoisotopic (exact) mass is 285 g/mol. The molecular formula is C14H15N5S. The van der Waals surface area contributed by atoms with Crippen molar-refractivity contribution in [2.24, 2.45) is 0 Å². The van der Waals surface area contributed by atoms with Gasteiger partial charge in [0.15, 0.2) is 5.82 Å². The molecule has 20 heavy (non-hydrogen) atoms. The molecule has 2 heterocycles. The van der Waals surface area contributed by atoms with Crippen LogP contribution in [-0.2, 0) is 0 Å². The number of hydrogen-bond donors (Lipinski definition) is 2. The first-order valence-electron chi connectivity index (χ1n) is 6.37. The van der Waals surface area contributed by atoms with Crippen LogP contribution in [0.2, 0.25) is 0 Å². The molecule has 2 N–H and O–H groups in total. The summed E-state index contributed by atoms with van der Waals surface area (Å²) in [7, 11) is 0. The van der Waals surface area contributed by atoms with Crippen molar-refractivity contribution in [1.82, 2.24) is 20.2 Å². The summed E-state index contributed by atoms with van der Waals surface area (Å²) in [4.78, 5) is 9.67. The fourth-order valence-corrected chi connectivity index (χ4v) is 2.61. The fourth-order valence-electron chi connectivity index (χ4n) is 1.98. The molecule has 3 rings (SSSR count). The Morgan fingerprint density at radius 1 is 1.35 bits per heavy atom. The molecule has 6 heteroatoms. The molecule has 2 aromatic heterocycles. The normalized spacial score (nSPS) is 12.3. The van der Waals surface area contributed by atoms with Crippen LogP contribution in [-0.4, -0.2) is 20.2 Å². The molecule has 0 saturated heterocycles. The molecule has 0 aliphatic carbocycles. The van der Waals surface area contributed by atoms with E-state index in [0.717, 1.165) is 22.9 Å². The summed E-state index contributed by atoms with van der Waals surface area (Å²) in [6, 6.07) is 8.33. The SMILES string of the molecule is Cc1nc(-c2cccc(NC(C)c3cncs3)c2)n[nH]1. The highest BCUT2D eigenvalue weighted by Crippen LogP contribution is 2.24. The predicted molar refractivity (Wildman–Crippen MR) is 80.7 cm³/mol. The first kappa shape index (κ1) is 12.8. The fraction of sp³-hybridized carbons (Fsp3) is 0.214. The zero-order valence-electron chi connectivity index (χ0n) is 11.3. The third-order valence-electron chi connectivity index (χ3n) is 2.98. The zero-order chi connectivity index (χ0) is 13.9. The second-order valence-corrected chi connectivity index (χ2v) is 5.51. The third kappa shape index (κ3) is 2.70. The molecule has 0 amide bonds. The molecule has 1 unspecified atom stereocenters. The second-order valence-electron chi connectivity index (χ2n) is 4.60. The Kier molecular flexibility index (Phi) is 3.47. The molecule has 0 radical (unpaired) electrons. The summed E-state index contributed by atoms with van der Waals surface area (Å²) in [5, 5.41) is 10.5. The topological polar surface area (TPSA) is 66.5 Å². The Balaban J connectivity index is 1.81. The molecule has 3 aromatic rings. The summed E-state index contributed by atoms with van der Waals surface area (Å²) in [6.45, 7) is 4.02. The molecule has 0 aliphatic rings. The van der Waals surface area contributed by atoms with E-state index in [2.05, 4.69) is 38.5 Å². The highest BCUT2D eigenvalue weighted by atomic mass is 32.1. The van der Waals surface area contributed by atoms with Gasteiger partial charge < -0.3 is 5.32 Å². The van der Waals surface area contributed by atoms with Gasteiger partial charge in [0.2, 0.25) is 0 Å². The Morgan fingerprint density at radius 3 is 2.95 bits per heavy atom. The largest absolute Gasteiger partial charge is 0.378 e. The van der Waals surface area contributed by atoms with Gasteiger partial charge in [0.1, 0.15) is 5.82 Å². The lowest BCUT2D eigenvalue weighted by molar-refractivity contribution is 0.903. The lowest BCUT2D eigenvalue weighted by Crippen LogP contribution is -2.04. The smallest absolute Gasteiger partial charge is 0.181 e. The number of aromatic amines is 1. The lowest BCUT2D eigenvalue weighted by atomic mass is 10.1. The number of H-pyrrole nitrogens is 1. The number of aryl methyl sites for hydroxylation is 1. The minimum absolute atomic E-state index is 0.228. The lowest BCUT2D eigenvalue weighted by Gasteiger charge is -2.13. The van der Waals surface area contributed by atoms with Crippen molar-refractivity contribution in [2.75, 3.05) is 5.32 Å². The number of benzene rings is 1. The van der Waals surface area contributed by atoms with E-state index in [-0.39, 0.29) is 6.04 Å². The first-order chi connectivity index (χ1) is 9.72. The maximum Gasteiger partial charge on any atom is 0.181 e. The van der Waals surface area contributed by atoms with Crippen LogP contribution in [0.25, 0.3) is 11.4 Å². The van der Waals surface area contributed by atoms with Crippen LogP contribution < -0.4 is 5.32 Å². The number of thiazole rings is 1. The van der Waals surface area contributed by atoms with Crippen LogP contribution in [0.4, 0.5) is 5.69 Å². The maximum atomic E-state index is 4.35. The van der Waals surface area contributed by atoms with Crippen LogP contribution in [0.15, 0.2) is 36.0 Å². The van der Waals surface area contributed by atoms with Gasteiger partial charge in [0.05, 0.1) is 11.6 Å². The minimum atomic E-state index is 0.228. The first-order valence-corrected chi connectivity index (χ1v) is 7.25. The number of anilines is 1. The van der Waals surface area contributed by atoms with Crippen molar-refractivity contribution < 1.29 is 0 Å². The Hall–Kier alpha value is -2.21. The molecular weight excluding hydrogens is 270 g/mol. The average molecular weight is 285 g/mol. The molecule has 0 fully saturated rings. The number of aromatic nitrogens is 4. The Morgan fingerprint density at radius 2 is 2.25 bits per heavy atom. The van der Waals surface area contributed by atoms with Crippen LogP contribution >= 0.6 is 11.3 Å². The van der Waals surface area contributed by atoms with E-state index in [1.807, 2.05) is 36.8 Å². The summed E-state index contributed by atoms with van der Waals surface area (Å²) in [6.07, 6.45) is 1.89. The predicted octanol–water partition coefficient (Wildman–Crippen LogP) is 3.41. The van der Waals surface area contributed by atoms with Crippen molar-refractivity contribution in [3.05, 3.63) is 46.7 Å². The summed E-state index contributed by atoms with van der Waals surface area (Å²) < 4.78 is 0. The molecule has 102 valence electrons. The van der Waals surface area contributed by atoms with Crippen molar-refractivity contribution >= 4 is 17.0 Å². The molecule has 1 aromatic carbocycles. The molecule has 0 saturated carbocycles. The van der Waals surface area contributed by atoms with Gasteiger partial charge in [-0.1, -0.05) is 12.1 Å². The van der Waals surface area contributed by atoms with E-state index in [9.17, 15) is 0 Å². The van der Waals surface area contributed by atoms with Crippen LogP contribution in [0, 0.1) is 6.92 Å². The second kappa shape index (κ2) is 5.42. The van der Waals surface area contributed by atoms with Gasteiger partial charge in [-0.15, -0.1) is 11.3 Å². The highest BCUT2D eigenvalue weighted by molar-refractivity contribution is 7.09. The molecule has 1 atom stereocenters. The number of rotatable bonds is 4. The molecule has 0 aliphatic heterocycles. The maximum absolute atomic E-state index is 4.35. The minimum Gasteiger partial charge on any atom is -0.378 e. The van der Waals surface area contributed by atoms with Gasteiger partial charge in [-0.05, 0) is 26.0 Å². The van der Waals surface area contributed by atoms with E-state index in [1.165, 1.54) is 4.88 Å². The molecule has 0 bridgehead atoms. The highest BCUT2D eigenvalue weighted by Gasteiger charge is 2.08. The van der Waals surface area contributed by atoms with Gasteiger partial charge in [0, 0.05) is 22.3 Å². The van der Waals surface area contributed by atoms with E-state index in [4.69, 9.17) is 0 Å². The van der Waals surface area contributed by atoms with Crippen molar-refractivity contribution in [3.8, 4) is 11.4 Å². The van der Waals surface area contributed by atoms with E-state index in [0.29, 0.717) is 0 Å². The summed E-state index contributed by atoms with van der Waals surface area (Å²) >= 11 is 1.65. The van der Waals surface area contributed by atoms with Gasteiger partial charge in [-0.25, -0.2) is 4.98 Å². The van der Waals surface area contributed by atoms with Crippen molar-refractivity contribution in [1.29, 1.82) is 0 Å². The van der Waals surface area contributed by atoms with Gasteiger partial charge >= 0.3 is 0 Å². The number of hydrogen-bond acceptors (Lipinski definition) is 5. The van der Waals surface area contributed by atoms with Crippen molar-refractivity contribution in [3.63, 3.8) is 0 Å². The summed E-state index contributed by atoms with van der Waals surface area (Å²) in [5.41, 5.74) is 3.89. The van der Waals surface area contributed by atoms with Crippen LogP contribution in [0.3, 0.4) is 0 Å². The van der Waals surface area contributed by atoms with Gasteiger partial charge in [-0.2, -0.15) is 5.10 Å². The van der Waals surface area contributed by atoms with Gasteiger partial charge in [0.25, 0.3) is 0 Å². The average Bonchev–Trinajstić information content (AvgIpc) is 3.10. The standard InChI is InChI=1S/C14H15N5S/c1-9(13-7-15-8-20-13)16-12-5-3-4-11(6-12)14-17-10(2)18-19-14/h3-9,16H,1-2H3,(H,17,18,19). The third-order valence-corrected chi connectivity index (χ3v) is 3.94. The molecule has 5 nitrogen and oxygen atoms in total. The van der Waals surface area contributed by atoms with Crippen LogP contribution in [0.1, 0.15) is 23.7 Å². The Labute approximate surface area is 121 Å². The van der Waals surface area contributed by atoms with E-state index < -0.39 is 0 Å². The number of nitrogens with zero attached hydrogens (tertiary/aromatic N) is 3. The van der Waals surface area contributed by atoms with E-state index in [1.54, 1.807) is 11.3 Å². The number of nitrogens with one attached hydrogen (secondary N) is 2.